The minimum absolute atomic E-state index is 0.208. The van der Waals surface area contributed by atoms with Crippen molar-refractivity contribution in [3.63, 3.8) is 0 Å². The van der Waals surface area contributed by atoms with Crippen LogP contribution in [0.3, 0.4) is 0 Å². The number of imidazole rings is 1. The van der Waals surface area contributed by atoms with Gasteiger partial charge in [-0.25, -0.2) is 4.98 Å². The molecule has 0 atom stereocenters. The van der Waals surface area contributed by atoms with E-state index in [1.165, 1.54) is 5.69 Å². The fourth-order valence-corrected chi connectivity index (χ4v) is 3.23. The molecule has 0 saturated carbocycles. The van der Waals surface area contributed by atoms with Crippen LogP contribution in [-0.2, 0) is 24.9 Å². The molecule has 0 unspecified atom stereocenters. The van der Waals surface area contributed by atoms with Crippen LogP contribution in [0.5, 0.6) is 0 Å². The van der Waals surface area contributed by atoms with Gasteiger partial charge in [0.05, 0.1) is 12.2 Å². The van der Waals surface area contributed by atoms with E-state index in [-0.39, 0.29) is 5.91 Å². The molecule has 0 aromatic carbocycles. The highest BCUT2D eigenvalue weighted by molar-refractivity contribution is 5.76. The van der Waals surface area contributed by atoms with Crippen molar-refractivity contribution >= 4 is 5.91 Å². The number of aromatic nitrogens is 5. The first-order valence-electron chi connectivity index (χ1n) is 8.86. The van der Waals surface area contributed by atoms with Gasteiger partial charge < -0.3 is 14.0 Å². The Bertz CT molecular complexity index is 707. The lowest BCUT2D eigenvalue weighted by Crippen LogP contribution is -2.35. The van der Waals surface area contributed by atoms with E-state index >= 15 is 0 Å². The quantitative estimate of drug-likeness (QED) is 0.800. The summed E-state index contributed by atoms with van der Waals surface area (Å²) in [5.74, 6) is 1.31. The van der Waals surface area contributed by atoms with Crippen molar-refractivity contribution < 1.29 is 4.79 Å². The first-order chi connectivity index (χ1) is 12.0. The third-order valence-electron chi connectivity index (χ3n) is 5.07. The highest BCUT2D eigenvalue weighted by Crippen LogP contribution is 2.13. The van der Waals surface area contributed by atoms with E-state index < -0.39 is 0 Å². The van der Waals surface area contributed by atoms with Crippen LogP contribution in [0.4, 0.5) is 0 Å². The van der Waals surface area contributed by atoms with Crippen LogP contribution < -0.4 is 0 Å². The average Bonchev–Trinajstić information content (AvgIpc) is 3.12. The Kier molecular flexibility index (Phi) is 5.47. The molecule has 2 aromatic rings. The Balaban J connectivity index is 1.51. The SMILES string of the molecule is Cc1nc(CN2CCCN(C(=O)CCn3cnnc3)CC2)n(C)c1C. The third-order valence-corrected chi connectivity index (χ3v) is 5.07. The van der Waals surface area contributed by atoms with Gasteiger partial charge in [-0.15, -0.1) is 10.2 Å². The Labute approximate surface area is 148 Å². The largest absolute Gasteiger partial charge is 0.341 e. The smallest absolute Gasteiger partial charge is 0.224 e. The number of rotatable bonds is 5. The first kappa shape index (κ1) is 17.6. The summed E-state index contributed by atoms with van der Waals surface area (Å²) in [4.78, 5) is 21.5. The van der Waals surface area contributed by atoms with E-state index in [0.717, 1.165) is 50.7 Å². The Hall–Kier alpha value is -2.22. The Morgan fingerprint density at radius 2 is 1.88 bits per heavy atom. The number of carbonyl (C=O) groups excluding carboxylic acids is 1. The molecule has 0 aliphatic carbocycles. The summed E-state index contributed by atoms with van der Waals surface area (Å²) in [7, 11) is 2.07. The maximum atomic E-state index is 12.4. The van der Waals surface area contributed by atoms with Gasteiger partial charge in [-0.2, -0.15) is 0 Å². The Morgan fingerprint density at radius 3 is 2.56 bits per heavy atom. The van der Waals surface area contributed by atoms with Gasteiger partial charge in [0.25, 0.3) is 0 Å². The average molecular weight is 345 g/mol. The maximum Gasteiger partial charge on any atom is 0.224 e. The van der Waals surface area contributed by atoms with E-state index in [1.807, 2.05) is 9.47 Å². The fourth-order valence-electron chi connectivity index (χ4n) is 3.23. The number of carbonyl (C=O) groups is 1. The summed E-state index contributed by atoms with van der Waals surface area (Å²) in [6.07, 6.45) is 4.79. The molecule has 0 bridgehead atoms. The Morgan fingerprint density at radius 1 is 1.12 bits per heavy atom. The number of nitrogens with zero attached hydrogens (tertiary/aromatic N) is 7. The molecule has 0 spiro atoms. The van der Waals surface area contributed by atoms with Crippen LogP contribution in [0.2, 0.25) is 0 Å². The van der Waals surface area contributed by atoms with Gasteiger partial charge in [0.1, 0.15) is 18.5 Å². The third kappa shape index (κ3) is 4.25. The summed E-state index contributed by atoms with van der Waals surface area (Å²) >= 11 is 0. The van der Waals surface area contributed by atoms with Crippen LogP contribution >= 0.6 is 0 Å². The second-order valence-corrected chi connectivity index (χ2v) is 6.72. The molecule has 1 fully saturated rings. The lowest BCUT2D eigenvalue weighted by atomic mass is 10.3. The normalized spacial score (nSPS) is 16.2. The molecule has 1 saturated heterocycles. The maximum absolute atomic E-state index is 12.4. The van der Waals surface area contributed by atoms with Crippen molar-refractivity contribution in [2.45, 2.75) is 39.8 Å². The molecular formula is C17H27N7O. The van der Waals surface area contributed by atoms with Crippen molar-refractivity contribution in [2.24, 2.45) is 7.05 Å². The summed E-state index contributed by atoms with van der Waals surface area (Å²) in [6, 6.07) is 0. The summed E-state index contributed by atoms with van der Waals surface area (Å²) in [6.45, 7) is 9.14. The second kappa shape index (κ2) is 7.77. The van der Waals surface area contributed by atoms with Crippen molar-refractivity contribution in [2.75, 3.05) is 26.2 Å². The molecule has 8 nitrogen and oxygen atoms in total. The molecule has 1 amide bonds. The minimum atomic E-state index is 0.208. The summed E-state index contributed by atoms with van der Waals surface area (Å²) < 4.78 is 4.01. The number of hydrogen-bond acceptors (Lipinski definition) is 5. The van der Waals surface area contributed by atoms with Gasteiger partial charge in [-0.3, -0.25) is 9.69 Å². The van der Waals surface area contributed by atoms with Crippen molar-refractivity contribution in [1.29, 1.82) is 0 Å². The highest BCUT2D eigenvalue weighted by Gasteiger charge is 2.20. The standard InChI is InChI=1S/C17H27N7O/c1-14-15(2)21(3)16(20-14)11-22-6-4-7-24(10-9-22)17(25)5-8-23-12-18-19-13-23/h12-13H,4-11H2,1-3H3. The number of hydrogen-bond donors (Lipinski definition) is 0. The predicted molar refractivity (Wildman–Crippen MR) is 93.8 cm³/mol. The van der Waals surface area contributed by atoms with E-state index in [2.05, 4.69) is 45.5 Å². The zero-order chi connectivity index (χ0) is 17.8. The van der Waals surface area contributed by atoms with Gasteiger partial charge in [0, 0.05) is 51.9 Å². The van der Waals surface area contributed by atoms with E-state index in [1.54, 1.807) is 12.7 Å². The topological polar surface area (TPSA) is 72.1 Å². The second-order valence-electron chi connectivity index (χ2n) is 6.72. The van der Waals surface area contributed by atoms with Crippen molar-refractivity contribution in [3.8, 4) is 0 Å². The minimum Gasteiger partial charge on any atom is -0.341 e. The van der Waals surface area contributed by atoms with Crippen LogP contribution in [0.15, 0.2) is 12.7 Å². The van der Waals surface area contributed by atoms with Crippen LogP contribution in [0, 0.1) is 13.8 Å². The zero-order valence-electron chi connectivity index (χ0n) is 15.4. The van der Waals surface area contributed by atoms with Gasteiger partial charge in [-0.05, 0) is 20.3 Å². The lowest BCUT2D eigenvalue weighted by molar-refractivity contribution is -0.131. The van der Waals surface area contributed by atoms with E-state index in [9.17, 15) is 4.79 Å². The molecule has 136 valence electrons. The molecule has 3 rings (SSSR count). The van der Waals surface area contributed by atoms with Gasteiger partial charge in [-0.1, -0.05) is 0 Å². The van der Waals surface area contributed by atoms with Crippen molar-refractivity contribution in [1.82, 2.24) is 34.1 Å². The molecule has 25 heavy (non-hydrogen) atoms. The molecular weight excluding hydrogens is 318 g/mol. The van der Waals surface area contributed by atoms with Gasteiger partial charge in [0.15, 0.2) is 0 Å². The molecule has 1 aliphatic rings. The van der Waals surface area contributed by atoms with E-state index in [0.29, 0.717) is 13.0 Å². The zero-order valence-corrected chi connectivity index (χ0v) is 15.4. The molecule has 2 aromatic heterocycles. The number of amides is 1. The fraction of sp³-hybridized carbons (Fsp3) is 0.647. The van der Waals surface area contributed by atoms with Crippen LogP contribution in [-0.4, -0.2) is 66.2 Å². The molecule has 3 heterocycles. The number of aryl methyl sites for hydroxylation is 2. The van der Waals surface area contributed by atoms with E-state index in [4.69, 9.17) is 0 Å². The van der Waals surface area contributed by atoms with Gasteiger partial charge >= 0.3 is 0 Å². The van der Waals surface area contributed by atoms with Crippen LogP contribution in [0.1, 0.15) is 30.1 Å². The molecule has 0 N–H and O–H groups in total. The molecule has 8 heteroatoms. The van der Waals surface area contributed by atoms with Gasteiger partial charge in [0.2, 0.25) is 5.91 Å². The lowest BCUT2D eigenvalue weighted by Gasteiger charge is -2.22. The monoisotopic (exact) mass is 345 g/mol. The van der Waals surface area contributed by atoms with Crippen molar-refractivity contribution in [3.05, 3.63) is 29.9 Å². The van der Waals surface area contributed by atoms with Crippen LogP contribution in [0.25, 0.3) is 0 Å². The highest BCUT2D eigenvalue weighted by atomic mass is 16.2. The molecule has 0 radical (unpaired) electrons. The summed E-state index contributed by atoms with van der Waals surface area (Å²) in [5, 5.41) is 7.53. The summed E-state index contributed by atoms with van der Waals surface area (Å²) in [5.41, 5.74) is 2.31. The first-order valence-corrected chi connectivity index (χ1v) is 8.86. The molecule has 1 aliphatic heterocycles. The predicted octanol–water partition coefficient (Wildman–Crippen LogP) is 0.753.